The molecule has 8 heteroatoms. The standard InChI is InChI=1S/C18H18N4O3S/c1-2-25-16-11-7-6-10-15(16)19-17-12-13-18(21-20-17)22-26(23,24)14-8-4-3-5-9-14/h3-13H,2H2,1H3,(H,19,20)(H,21,22). The van der Waals surface area contributed by atoms with E-state index in [4.69, 9.17) is 4.74 Å². The van der Waals surface area contributed by atoms with Gasteiger partial charge in [0.1, 0.15) is 5.75 Å². The first-order valence-electron chi connectivity index (χ1n) is 7.99. The average Bonchev–Trinajstić information content (AvgIpc) is 2.66. The molecule has 2 aromatic carbocycles. The van der Waals surface area contributed by atoms with Crippen LogP contribution in [-0.2, 0) is 10.0 Å². The van der Waals surface area contributed by atoms with Gasteiger partial charge in [0.2, 0.25) is 0 Å². The Morgan fingerprint density at radius 3 is 2.23 bits per heavy atom. The molecule has 0 radical (unpaired) electrons. The number of ether oxygens (including phenoxy) is 1. The van der Waals surface area contributed by atoms with Crippen LogP contribution >= 0.6 is 0 Å². The molecule has 0 aliphatic rings. The van der Waals surface area contributed by atoms with Gasteiger partial charge in [-0.1, -0.05) is 30.3 Å². The van der Waals surface area contributed by atoms with Gasteiger partial charge in [-0.2, -0.15) is 0 Å². The second kappa shape index (κ2) is 7.83. The lowest BCUT2D eigenvalue weighted by atomic mass is 10.3. The molecule has 0 fully saturated rings. The summed E-state index contributed by atoms with van der Waals surface area (Å²) in [6, 6.07) is 18.7. The SMILES string of the molecule is CCOc1ccccc1Nc1ccc(NS(=O)(=O)c2ccccc2)nn1. The van der Waals surface area contributed by atoms with E-state index in [1.807, 2.05) is 31.2 Å². The first-order valence-corrected chi connectivity index (χ1v) is 9.47. The number of benzene rings is 2. The molecular formula is C18H18N4O3S. The largest absolute Gasteiger partial charge is 0.492 e. The van der Waals surface area contributed by atoms with Crippen molar-refractivity contribution < 1.29 is 13.2 Å². The maximum atomic E-state index is 12.3. The van der Waals surface area contributed by atoms with E-state index < -0.39 is 10.0 Å². The molecule has 0 unspecified atom stereocenters. The van der Waals surface area contributed by atoms with Gasteiger partial charge in [0.15, 0.2) is 11.6 Å². The van der Waals surface area contributed by atoms with E-state index in [1.165, 1.54) is 12.1 Å². The van der Waals surface area contributed by atoms with Crippen molar-refractivity contribution in [2.45, 2.75) is 11.8 Å². The minimum Gasteiger partial charge on any atom is -0.492 e. The summed E-state index contributed by atoms with van der Waals surface area (Å²) in [6.07, 6.45) is 0. The summed E-state index contributed by atoms with van der Waals surface area (Å²) in [7, 11) is -3.69. The fourth-order valence-corrected chi connectivity index (χ4v) is 3.26. The minimum atomic E-state index is -3.69. The van der Waals surface area contributed by atoms with Crippen molar-refractivity contribution >= 4 is 27.3 Å². The normalized spacial score (nSPS) is 11.0. The van der Waals surface area contributed by atoms with Crippen LogP contribution in [0.3, 0.4) is 0 Å². The molecule has 1 heterocycles. The van der Waals surface area contributed by atoms with Crippen molar-refractivity contribution in [1.29, 1.82) is 0 Å². The first kappa shape index (κ1) is 17.7. The van der Waals surface area contributed by atoms with Gasteiger partial charge >= 0.3 is 0 Å². The van der Waals surface area contributed by atoms with Gasteiger partial charge in [0.05, 0.1) is 17.2 Å². The van der Waals surface area contributed by atoms with Crippen molar-refractivity contribution in [3.05, 3.63) is 66.7 Å². The quantitative estimate of drug-likeness (QED) is 0.662. The van der Waals surface area contributed by atoms with E-state index in [1.54, 1.807) is 30.3 Å². The van der Waals surface area contributed by atoms with E-state index in [9.17, 15) is 8.42 Å². The molecule has 0 aliphatic heterocycles. The molecule has 26 heavy (non-hydrogen) atoms. The topological polar surface area (TPSA) is 93.2 Å². The Morgan fingerprint density at radius 2 is 1.54 bits per heavy atom. The fraction of sp³-hybridized carbons (Fsp3) is 0.111. The van der Waals surface area contributed by atoms with E-state index in [0.717, 1.165) is 5.69 Å². The van der Waals surface area contributed by atoms with Crippen LogP contribution in [0.4, 0.5) is 17.3 Å². The van der Waals surface area contributed by atoms with Crippen LogP contribution in [0.25, 0.3) is 0 Å². The highest BCUT2D eigenvalue weighted by Crippen LogP contribution is 2.26. The monoisotopic (exact) mass is 370 g/mol. The molecule has 3 aromatic rings. The molecule has 1 aromatic heterocycles. The Bertz CT molecular complexity index is 961. The molecule has 0 spiro atoms. The molecule has 0 aliphatic carbocycles. The van der Waals surface area contributed by atoms with Crippen molar-refractivity contribution in [3.8, 4) is 5.75 Å². The summed E-state index contributed by atoms with van der Waals surface area (Å²) in [4.78, 5) is 0.162. The summed E-state index contributed by atoms with van der Waals surface area (Å²) in [5, 5.41) is 11.0. The van der Waals surface area contributed by atoms with Gasteiger partial charge in [0.25, 0.3) is 10.0 Å². The molecule has 7 nitrogen and oxygen atoms in total. The number of para-hydroxylation sites is 2. The number of sulfonamides is 1. The zero-order valence-electron chi connectivity index (χ0n) is 14.1. The lowest BCUT2D eigenvalue weighted by Gasteiger charge is -2.11. The lowest BCUT2D eigenvalue weighted by molar-refractivity contribution is 0.342. The maximum absolute atomic E-state index is 12.3. The van der Waals surface area contributed by atoms with Crippen LogP contribution in [0.2, 0.25) is 0 Å². The number of rotatable bonds is 7. The Kier molecular flexibility index (Phi) is 5.33. The van der Waals surface area contributed by atoms with Crippen molar-refractivity contribution in [2.24, 2.45) is 0 Å². The van der Waals surface area contributed by atoms with Gasteiger partial charge in [-0.05, 0) is 43.3 Å². The zero-order valence-corrected chi connectivity index (χ0v) is 14.9. The Balaban J connectivity index is 1.73. The van der Waals surface area contributed by atoms with Crippen molar-refractivity contribution in [3.63, 3.8) is 0 Å². The summed E-state index contributed by atoms with van der Waals surface area (Å²) in [5.74, 6) is 1.31. The Morgan fingerprint density at radius 1 is 0.885 bits per heavy atom. The number of anilines is 3. The van der Waals surface area contributed by atoms with Crippen LogP contribution in [0.5, 0.6) is 5.75 Å². The second-order valence-electron chi connectivity index (χ2n) is 5.28. The molecule has 134 valence electrons. The number of hydrogen-bond donors (Lipinski definition) is 2. The third kappa shape index (κ3) is 4.28. The van der Waals surface area contributed by atoms with E-state index in [0.29, 0.717) is 18.2 Å². The predicted molar refractivity (Wildman–Crippen MR) is 100 cm³/mol. The third-order valence-corrected chi connectivity index (χ3v) is 4.78. The van der Waals surface area contributed by atoms with Gasteiger partial charge < -0.3 is 10.1 Å². The van der Waals surface area contributed by atoms with Gasteiger partial charge in [-0.15, -0.1) is 10.2 Å². The minimum absolute atomic E-state index is 0.137. The highest BCUT2D eigenvalue weighted by atomic mass is 32.2. The maximum Gasteiger partial charge on any atom is 0.263 e. The van der Waals surface area contributed by atoms with E-state index in [2.05, 4.69) is 20.2 Å². The van der Waals surface area contributed by atoms with Crippen molar-refractivity contribution in [1.82, 2.24) is 10.2 Å². The molecular weight excluding hydrogens is 352 g/mol. The third-order valence-electron chi connectivity index (χ3n) is 3.41. The molecule has 3 rings (SSSR count). The number of nitrogens with zero attached hydrogens (tertiary/aromatic N) is 2. The van der Waals surface area contributed by atoms with Crippen LogP contribution in [-0.4, -0.2) is 25.2 Å². The number of aromatic nitrogens is 2. The molecule has 0 bridgehead atoms. The fourth-order valence-electron chi connectivity index (χ4n) is 2.24. The summed E-state index contributed by atoms with van der Waals surface area (Å²) >= 11 is 0. The van der Waals surface area contributed by atoms with Gasteiger partial charge in [-0.3, -0.25) is 4.72 Å². The van der Waals surface area contributed by atoms with Crippen LogP contribution in [0.15, 0.2) is 71.6 Å². The summed E-state index contributed by atoms with van der Waals surface area (Å²) in [5.41, 5.74) is 0.751. The van der Waals surface area contributed by atoms with E-state index in [-0.39, 0.29) is 10.7 Å². The Hall–Kier alpha value is -3.13. The highest BCUT2D eigenvalue weighted by Gasteiger charge is 2.14. The van der Waals surface area contributed by atoms with Crippen LogP contribution in [0.1, 0.15) is 6.92 Å². The molecule has 2 N–H and O–H groups in total. The summed E-state index contributed by atoms with van der Waals surface area (Å²) < 4.78 is 32.5. The lowest BCUT2D eigenvalue weighted by Crippen LogP contribution is -2.14. The predicted octanol–water partition coefficient (Wildman–Crippen LogP) is 3.42. The number of nitrogens with one attached hydrogen (secondary N) is 2. The van der Waals surface area contributed by atoms with Crippen molar-refractivity contribution in [2.75, 3.05) is 16.6 Å². The average molecular weight is 370 g/mol. The van der Waals surface area contributed by atoms with Gasteiger partial charge in [-0.25, -0.2) is 8.42 Å². The summed E-state index contributed by atoms with van der Waals surface area (Å²) in [6.45, 7) is 2.45. The molecule has 0 amide bonds. The van der Waals surface area contributed by atoms with Crippen LogP contribution in [0, 0.1) is 0 Å². The molecule has 0 atom stereocenters. The number of hydrogen-bond acceptors (Lipinski definition) is 6. The van der Waals surface area contributed by atoms with Gasteiger partial charge in [0, 0.05) is 0 Å². The zero-order chi connectivity index (χ0) is 18.4. The first-order chi connectivity index (χ1) is 12.6. The molecule has 0 saturated carbocycles. The Labute approximate surface area is 152 Å². The highest BCUT2D eigenvalue weighted by molar-refractivity contribution is 7.92. The van der Waals surface area contributed by atoms with Crippen LogP contribution < -0.4 is 14.8 Å². The smallest absolute Gasteiger partial charge is 0.263 e. The molecule has 0 saturated heterocycles. The van der Waals surface area contributed by atoms with E-state index >= 15 is 0 Å². The second-order valence-corrected chi connectivity index (χ2v) is 6.96.